The van der Waals surface area contributed by atoms with Crippen molar-refractivity contribution in [2.24, 2.45) is 5.73 Å². The Labute approximate surface area is 105 Å². The summed E-state index contributed by atoms with van der Waals surface area (Å²) in [6, 6.07) is -2.21. The Bertz CT molecular complexity index is 373. The molecule has 19 heavy (non-hydrogen) atoms. The molecule has 0 aliphatic carbocycles. The van der Waals surface area contributed by atoms with Crippen LogP contribution in [0.25, 0.3) is 0 Å². The van der Waals surface area contributed by atoms with E-state index in [4.69, 9.17) is 10.8 Å². The molecule has 0 saturated heterocycles. The maximum absolute atomic E-state index is 12.5. The minimum atomic E-state index is -5.17. The number of carboxylic acids is 1. The number of hydrogen-bond donors (Lipinski definition) is 5. The minimum Gasteiger partial charge on any atom is -0.479 e. The number of nitrogens with one attached hydrogen (secondary N) is 3. The molecule has 6 N–H and O–H groups in total. The van der Waals surface area contributed by atoms with E-state index in [1.54, 1.807) is 0 Å². The number of urea groups is 2. The van der Waals surface area contributed by atoms with Gasteiger partial charge in [0.2, 0.25) is 5.54 Å². The Balaban J connectivity index is 4.43. The first-order valence-electron chi connectivity index (χ1n) is 4.90. The van der Waals surface area contributed by atoms with Gasteiger partial charge in [-0.15, -0.1) is 0 Å². The molecule has 11 heteroatoms. The first-order chi connectivity index (χ1) is 8.50. The summed E-state index contributed by atoms with van der Waals surface area (Å²) in [4.78, 5) is 32.0. The molecule has 0 heterocycles. The first kappa shape index (κ1) is 16.8. The van der Waals surface area contributed by atoms with Crippen LogP contribution in [-0.2, 0) is 4.79 Å². The molecular weight excluding hydrogens is 273 g/mol. The number of alkyl halides is 3. The van der Waals surface area contributed by atoms with Crippen LogP contribution >= 0.6 is 0 Å². The molecule has 0 aromatic heterocycles. The summed E-state index contributed by atoms with van der Waals surface area (Å²) in [5.74, 6) is -2.24. The molecule has 0 saturated carbocycles. The average molecular weight is 286 g/mol. The van der Waals surface area contributed by atoms with Crippen molar-refractivity contribution in [2.75, 3.05) is 13.1 Å². The van der Waals surface area contributed by atoms with Gasteiger partial charge in [-0.25, -0.2) is 14.4 Å². The molecule has 1 atom stereocenters. The molecule has 0 bridgehead atoms. The van der Waals surface area contributed by atoms with Gasteiger partial charge >= 0.3 is 24.2 Å². The number of aliphatic carboxylic acids is 1. The second-order valence-electron chi connectivity index (χ2n) is 3.60. The van der Waals surface area contributed by atoms with E-state index in [0.717, 1.165) is 0 Å². The molecule has 0 rings (SSSR count). The molecule has 1 unspecified atom stereocenters. The summed E-state index contributed by atoms with van der Waals surface area (Å²) in [5.41, 5.74) is 1.29. The predicted octanol–water partition coefficient (Wildman–Crippen LogP) is -0.641. The fourth-order valence-electron chi connectivity index (χ4n) is 0.879. The number of nitrogens with two attached hydrogens (primary N) is 1. The van der Waals surface area contributed by atoms with Crippen molar-refractivity contribution in [3.05, 3.63) is 0 Å². The lowest BCUT2D eigenvalue weighted by molar-refractivity contribution is -0.203. The van der Waals surface area contributed by atoms with Crippen LogP contribution < -0.4 is 21.7 Å². The Morgan fingerprint density at radius 3 is 2.00 bits per heavy atom. The summed E-state index contributed by atoms with van der Waals surface area (Å²) >= 11 is 0. The number of carboxylic acid groups (broad SMARTS) is 1. The van der Waals surface area contributed by atoms with Crippen LogP contribution in [0.15, 0.2) is 0 Å². The predicted molar refractivity (Wildman–Crippen MR) is 56.2 cm³/mol. The van der Waals surface area contributed by atoms with Gasteiger partial charge in [-0.3, -0.25) is 0 Å². The van der Waals surface area contributed by atoms with E-state index in [9.17, 15) is 27.6 Å². The van der Waals surface area contributed by atoms with Crippen molar-refractivity contribution < 1.29 is 32.7 Å². The largest absolute Gasteiger partial charge is 0.479 e. The van der Waals surface area contributed by atoms with Crippen molar-refractivity contribution in [1.82, 2.24) is 16.0 Å². The molecule has 4 amide bonds. The van der Waals surface area contributed by atoms with Gasteiger partial charge in [-0.1, -0.05) is 0 Å². The number of primary amides is 1. The number of rotatable bonds is 5. The fraction of sp³-hybridized carbons (Fsp3) is 0.625. The van der Waals surface area contributed by atoms with Crippen molar-refractivity contribution in [3.63, 3.8) is 0 Å². The van der Waals surface area contributed by atoms with Crippen LogP contribution in [0.3, 0.4) is 0 Å². The number of carbonyl (C=O) groups excluding carboxylic acids is 2. The minimum absolute atomic E-state index is 0.113. The van der Waals surface area contributed by atoms with Crippen LogP contribution in [0, 0.1) is 0 Å². The SMILES string of the molecule is CC(NC(=O)NCCNC(N)=O)(C(=O)O)C(F)(F)F. The van der Waals surface area contributed by atoms with Gasteiger partial charge in [-0.05, 0) is 6.92 Å². The average Bonchev–Trinajstić information content (AvgIpc) is 2.22. The van der Waals surface area contributed by atoms with Crippen LogP contribution in [0.4, 0.5) is 22.8 Å². The van der Waals surface area contributed by atoms with Gasteiger partial charge in [0.1, 0.15) is 0 Å². The highest BCUT2D eigenvalue weighted by Gasteiger charge is 2.58. The van der Waals surface area contributed by atoms with Crippen molar-refractivity contribution in [3.8, 4) is 0 Å². The zero-order valence-electron chi connectivity index (χ0n) is 9.80. The monoisotopic (exact) mass is 286 g/mol. The van der Waals surface area contributed by atoms with Crippen molar-refractivity contribution in [1.29, 1.82) is 0 Å². The second-order valence-corrected chi connectivity index (χ2v) is 3.60. The molecule has 110 valence electrons. The smallest absolute Gasteiger partial charge is 0.422 e. The van der Waals surface area contributed by atoms with E-state index in [1.807, 2.05) is 5.32 Å². The molecule has 0 radical (unpaired) electrons. The van der Waals surface area contributed by atoms with E-state index >= 15 is 0 Å². The van der Waals surface area contributed by atoms with E-state index < -0.39 is 29.7 Å². The molecule has 8 nitrogen and oxygen atoms in total. The summed E-state index contributed by atoms with van der Waals surface area (Å²) in [5, 5.41) is 13.8. The van der Waals surface area contributed by atoms with Crippen molar-refractivity contribution in [2.45, 2.75) is 18.6 Å². The molecule has 0 aromatic carbocycles. The summed E-state index contributed by atoms with van der Waals surface area (Å²) in [6.45, 7) is -0.0164. The molecule has 0 spiro atoms. The molecule has 0 fully saturated rings. The van der Waals surface area contributed by atoms with Crippen LogP contribution in [-0.4, -0.2) is 47.9 Å². The first-order valence-corrected chi connectivity index (χ1v) is 4.90. The van der Waals surface area contributed by atoms with Gasteiger partial charge in [0.25, 0.3) is 0 Å². The highest BCUT2D eigenvalue weighted by Crippen LogP contribution is 2.30. The third-order valence-corrected chi connectivity index (χ3v) is 2.07. The third kappa shape index (κ3) is 4.89. The number of carbonyl (C=O) groups is 3. The van der Waals surface area contributed by atoms with E-state index in [0.29, 0.717) is 6.92 Å². The molecule has 0 aliphatic rings. The van der Waals surface area contributed by atoms with Crippen LogP contribution in [0.5, 0.6) is 0 Å². The number of hydrogen-bond acceptors (Lipinski definition) is 3. The Hall–Kier alpha value is -2.20. The van der Waals surface area contributed by atoms with Crippen molar-refractivity contribution >= 4 is 18.0 Å². The lowest BCUT2D eigenvalue weighted by atomic mass is 10.0. The lowest BCUT2D eigenvalue weighted by Gasteiger charge is -2.28. The quantitative estimate of drug-likeness (QED) is 0.430. The standard InChI is InChI=1S/C8H13F3N4O4/c1-7(4(16)17,8(9,10)11)15-6(19)14-3-2-13-5(12)18/h2-3H2,1H3,(H,16,17)(H3,12,13,18)(H2,14,15,19). The summed E-state index contributed by atoms with van der Waals surface area (Å²) < 4.78 is 37.5. The van der Waals surface area contributed by atoms with E-state index in [-0.39, 0.29) is 13.1 Å². The number of halogens is 3. The normalized spacial score (nSPS) is 14.1. The van der Waals surface area contributed by atoms with Crippen LogP contribution in [0.1, 0.15) is 6.92 Å². The van der Waals surface area contributed by atoms with Gasteiger partial charge in [-0.2, -0.15) is 13.2 Å². The third-order valence-electron chi connectivity index (χ3n) is 2.07. The van der Waals surface area contributed by atoms with Crippen LogP contribution in [0.2, 0.25) is 0 Å². The maximum Gasteiger partial charge on any atom is 0.422 e. The van der Waals surface area contributed by atoms with Gasteiger partial charge in [0.05, 0.1) is 0 Å². The zero-order chi connectivity index (χ0) is 15.3. The highest BCUT2D eigenvalue weighted by molar-refractivity contribution is 5.86. The van der Waals surface area contributed by atoms with Gasteiger partial charge in [0.15, 0.2) is 0 Å². The Morgan fingerprint density at radius 1 is 1.16 bits per heavy atom. The van der Waals surface area contributed by atoms with E-state index in [1.165, 1.54) is 5.32 Å². The summed E-state index contributed by atoms with van der Waals surface area (Å²) in [6.07, 6.45) is -5.17. The zero-order valence-corrected chi connectivity index (χ0v) is 9.80. The van der Waals surface area contributed by atoms with E-state index in [2.05, 4.69) is 5.32 Å². The topological polar surface area (TPSA) is 134 Å². The van der Waals surface area contributed by atoms with Gasteiger partial charge < -0.3 is 26.8 Å². The fourth-order valence-corrected chi connectivity index (χ4v) is 0.879. The highest BCUT2D eigenvalue weighted by atomic mass is 19.4. The number of amides is 4. The molecule has 0 aromatic rings. The lowest BCUT2D eigenvalue weighted by Crippen LogP contribution is -2.63. The second kappa shape index (κ2) is 6.11. The van der Waals surface area contributed by atoms with Gasteiger partial charge in [0, 0.05) is 13.1 Å². The molecular formula is C8H13F3N4O4. The Morgan fingerprint density at radius 2 is 1.63 bits per heavy atom. The summed E-state index contributed by atoms with van der Waals surface area (Å²) in [7, 11) is 0. The Kier molecular flexibility index (Phi) is 5.40. The maximum atomic E-state index is 12.5. The molecule has 0 aliphatic heterocycles.